The van der Waals surface area contributed by atoms with Gasteiger partial charge in [0.15, 0.2) is 11.5 Å². The summed E-state index contributed by atoms with van der Waals surface area (Å²) in [5, 5.41) is 0. The van der Waals surface area contributed by atoms with E-state index in [1.54, 1.807) is 0 Å². The zero-order valence-corrected chi connectivity index (χ0v) is 9.86. The van der Waals surface area contributed by atoms with Gasteiger partial charge in [-0.15, -0.1) is 0 Å². The van der Waals surface area contributed by atoms with Crippen molar-refractivity contribution in [2.75, 3.05) is 13.9 Å². The third-order valence-electron chi connectivity index (χ3n) is 2.53. The maximum Gasteiger partial charge on any atom is 0.510 e. The van der Waals surface area contributed by atoms with Gasteiger partial charge >= 0.3 is 12.9 Å². The molecule has 1 heterocycles. The second-order valence-corrected chi connectivity index (χ2v) is 3.77. The third kappa shape index (κ3) is 2.83. The lowest BCUT2D eigenvalue weighted by atomic mass is 9.76. The minimum Gasteiger partial charge on any atom is -0.466 e. The topological polar surface area (TPSA) is 44.8 Å². The van der Waals surface area contributed by atoms with Crippen LogP contribution in [0.5, 0.6) is 11.5 Å². The first-order valence-corrected chi connectivity index (χ1v) is 5.31. The number of methoxy groups -OCH3 is 1. The third-order valence-corrected chi connectivity index (χ3v) is 2.53. The average Bonchev–Trinajstić information content (AvgIpc) is 2.80. The van der Waals surface area contributed by atoms with Crippen LogP contribution in [-0.4, -0.2) is 26.8 Å². The van der Waals surface area contributed by atoms with E-state index >= 15 is 0 Å². The average molecular weight is 273 g/mol. The number of benzene rings is 1. The van der Waals surface area contributed by atoms with Crippen LogP contribution >= 0.6 is 0 Å². The number of fused-ring (bicyclic) bond motifs is 1. The first kappa shape index (κ1) is 13.3. The van der Waals surface area contributed by atoms with E-state index < -0.39 is 18.4 Å². The van der Waals surface area contributed by atoms with Crippen molar-refractivity contribution < 1.29 is 32.0 Å². The summed E-state index contributed by atoms with van der Waals surface area (Å²) >= 11 is 0. The molecule has 1 aliphatic heterocycles. The number of hydrogen-bond acceptors (Lipinski definition) is 4. The van der Waals surface area contributed by atoms with Gasteiger partial charge in [-0.25, -0.2) is 4.79 Å². The van der Waals surface area contributed by atoms with Gasteiger partial charge in [-0.3, -0.25) is 0 Å². The Morgan fingerprint density at radius 2 is 1.95 bits per heavy atom. The molecule has 8 heteroatoms. The number of rotatable bonds is 3. The summed E-state index contributed by atoms with van der Waals surface area (Å²) < 4.78 is 53.1. The normalized spacial score (nSPS) is 13.9. The number of ether oxygens (including phenoxy) is 3. The predicted octanol–water partition coefficient (Wildman–Crippen LogP) is 1.66. The summed E-state index contributed by atoms with van der Waals surface area (Å²) in [5.41, 5.74) is -1.01. The molecule has 0 spiro atoms. The van der Waals surface area contributed by atoms with E-state index in [4.69, 9.17) is 9.47 Å². The first-order valence-electron chi connectivity index (χ1n) is 5.31. The Morgan fingerprint density at radius 3 is 2.53 bits per heavy atom. The monoisotopic (exact) mass is 273 g/mol. The molecule has 1 aromatic rings. The maximum atomic E-state index is 12.9. The number of carbonyl (C=O) groups is 1. The van der Waals surface area contributed by atoms with Gasteiger partial charge < -0.3 is 27.2 Å². The Bertz CT molecular complexity index is 539. The second-order valence-electron chi connectivity index (χ2n) is 3.77. The summed E-state index contributed by atoms with van der Waals surface area (Å²) in [6, 6.07) is 2.06. The Hall–Kier alpha value is -2.12. The molecule has 4 nitrogen and oxygen atoms in total. The molecule has 0 radical (unpaired) electrons. The van der Waals surface area contributed by atoms with Crippen LogP contribution < -0.4 is 14.9 Å². The van der Waals surface area contributed by atoms with Crippen molar-refractivity contribution in [3.63, 3.8) is 0 Å². The number of hydrogen-bond donors (Lipinski definition) is 0. The van der Waals surface area contributed by atoms with Crippen molar-refractivity contribution in [1.29, 1.82) is 0 Å². The highest BCUT2D eigenvalue weighted by molar-refractivity contribution is 6.74. The molecule has 19 heavy (non-hydrogen) atoms. The van der Waals surface area contributed by atoms with Crippen molar-refractivity contribution in [1.82, 2.24) is 0 Å². The van der Waals surface area contributed by atoms with Crippen LogP contribution in [-0.2, 0) is 9.53 Å². The van der Waals surface area contributed by atoms with Crippen LogP contribution in [0.1, 0.15) is 5.56 Å². The molecular formula is C11H9BF3O4-. The zero-order valence-electron chi connectivity index (χ0n) is 9.86. The summed E-state index contributed by atoms with van der Waals surface area (Å²) in [5.74, 6) is -0.476. The molecule has 0 aliphatic carbocycles. The Labute approximate surface area is 106 Å². The summed E-state index contributed by atoms with van der Waals surface area (Å²) in [7, 11) is 1.14. The quantitative estimate of drug-likeness (QED) is 0.477. The van der Waals surface area contributed by atoms with E-state index in [9.17, 15) is 17.7 Å². The molecule has 0 fully saturated rings. The van der Waals surface area contributed by atoms with Gasteiger partial charge in [0.25, 0.3) is 0 Å². The predicted molar refractivity (Wildman–Crippen MR) is 62.3 cm³/mol. The van der Waals surface area contributed by atoms with Crippen molar-refractivity contribution in [3.05, 3.63) is 23.8 Å². The molecule has 0 saturated heterocycles. The fourth-order valence-corrected chi connectivity index (χ4v) is 1.63. The highest BCUT2D eigenvalue weighted by Gasteiger charge is 2.30. The smallest absolute Gasteiger partial charge is 0.466 e. The van der Waals surface area contributed by atoms with E-state index in [0.717, 1.165) is 25.3 Å². The van der Waals surface area contributed by atoms with Gasteiger partial charge in [0, 0.05) is 6.08 Å². The number of carbonyl (C=O) groups excluding carboxylic acids is 1. The zero-order chi connectivity index (χ0) is 14.0. The van der Waals surface area contributed by atoms with Crippen LogP contribution in [0.2, 0.25) is 0 Å². The number of esters is 1. The Morgan fingerprint density at radius 1 is 1.32 bits per heavy atom. The van der Waals surface area contributed by atoms with Crippen LogP contribution in [0.3, 0.4) is 0 Å². The second kappa shape index (κ2) is 4.87. The molecule has 0 bridgehead atoms. The highest BCUT2D eigenvalue weighted by atomic mass is 19.4. The fourth-order valence-electron chi connectivity index (χ4n) is 1.63. The Kier molecular flexibility index (Phi) is 3.41. The Balaban J connectivity index is 2.46. The molecule has 1 aromatic carbocycles. The van der Waals surface area contributed by atoms with Gasteiger partial charge in [0.05, 0.1) is 7.11 Å². The summed E-state index contributed by atoms with van der Waals surface area (Å²) in [6.07, 6.45) is 1.96. The van der Waals surface area contributed by atoms with E-state index in [1.807, 2.05) is 0 Å². The van der Waals surface area contributed by atoms with Gasteiger partial charge in [0.1, 0.15) is 0 Å². The minimum absolute atomic E-state index is 0.0458. The van der Waals surface area contributed by atoms with Crippen molar-refractivity contribution >= 4 is 24.5 Å². The van der Waals surface area contributed by atoms with Gasteiger partial charge in [-0.1, -0.05) is 11.5 Å². The summed E-state index contributed by atoms with van der Waals surface area (Å²) in [6.45, 7) is -5.35. The molecule has 0 aromatic heterocycles. The molecule has 1 aliphatic rings. The highest BCUT2D eigenvalue weighted by Crippen LogP contribution is 2.33. The lowest BCUT2D eigenvalue weighted by molar-refractivity contribution is -0.134. The van der Waals surface area contributed by atoms with Gasteiger partial charge in [-0.2, -0.15) is 0 Å². The largest absolute Gasteiger partial charge is 0.510 e. The van der Waals surface area contributed by atoms with Crippen LogP contribution in [0.4, 0.5) is 12.9 Å². The van der Waals surface area contributed by atoms with Crippen molar-refractivity contribution in [3.8, 4) is 11.5 Å². The van der Waals surface area contributed by atoms with E-state index in [0.29, 0.717) is 0 Å². The van der Waals surface area contributed by atoms with Crippen LogP contribution in [0.15, 0.2) is 18.2 Å². The van der Waals surface area contributed by atoms with E-state index in [-0.39, 0.29) is 23.9 Å². The SMILES string of the molecule is COC(=O)/C=C/c1cc2c(cc1[B-](F)(F)F)OCO2. The summed E-state index contributed by atoms with van der Waals surface area (Å²) in [4.78, 5) is 10.9. The molecule has 0 unspecified atom stereocenters. The molecule has 0 saturated carbocycles. The first-order chi connectivity index (χ1) is 8.91. The lowest BCUT2D eigenvalue weighted by Gasteiger charge is -2.18. The van der Waals surface area contributed by atoms with Crippen molar-refractivity contribution in [2.24, 2.45) is 0 Å². The molecule has 2 rings (SSSR count). The molecular weight excluding hydrogens is 264 g/mol. The van der Waals surface area contributed by atoms with Crippen LogP contribution in [0, 0.1) is 0 Å². The standard InChI is InChI=1S/C11H9BF3O4/c1-17-11(16)3-2-7-4-9-10(19-6-18-9)5-8(7)12(13,14)15/h2-5H,6H2,1H3/q-1/b3-2+. The van der Waals surface area contributed by atoms with E-state index in [2.05, 4.69) is 4.74 Å². The molecule has 0 atom stereocenters. The van der Waals surface area contributed by atoms with Gasteiger partial charge in [-0.05, 0) is 17.7 Å². The number of halogens is 3. The molecule has 102 valence electrons. The van der Waals surface area contributed by atoms with Crippen molar-refractivity contribution in [2.45, 2.75) is 0 Å². The maximum absolute atomic E-state index is 12.9. The lowest BCUT2D eigenvalue weighted by Crippen LogP contribution is -2.36. The van der Waals surface area contributed by atoms with E-state index in [1.165, 1.54) is 6.07 Å². The molecule has 0 N–H and O–H groups in total. The fraction of sp³-hybridized carbons (Fsp3) is 0.182. The van der Waals surface area contributed by atoms with Gasteiger partial charge in [0.2, 0.25) is 6.79 Å². The molecule has 0 amide bonds. The van der Waals surface area contributed by atoms with Crippen LogP contribution in [0.25, 0.3) is 6.08 Å². The minimum atomic E-state index is -5.23.